The topological polar surface area (TPSA) is 97.3 Å². The van der Waals surface area contributed by atoms with Crippen molar-refractivity contribution in [1.82, 2.24) is 9.27 Å². The molecule has 0 aromatic carbocycles. The fourth-order valence-corrected chi connectivity index (χ4v) is 2.92. The van der Waals surface area contributed by atoms with E-state index < -0.39 is 5.91 Å². The number of amides is 1. The molecule has 1 aromatic heterocycles. The minimum atomic E-state index is -0.526. The summed E-state index contributed by atoms with van der Waals surface area (Å²) < 4.78 is 3.95. The van der Waals surface area contributed by atoms with Crippen molar-refractivity contribution in [2.75, 3.05) is 37.2 Å². The summed E-state index contributed by atoms with van der Waals surface area (Å²) in [5.74, 6) is -0.310. The number of rotatable bonds is 5. The van der Waals surface area contributed by atoms with E-state index in [0.29, 0.717) is 10.6 Å². The molecule has 1 aliphatic heterocycles. The molecule has 1 aromatic rings. The van der Waals surface area contributed by atoms with Crippen LogP contribution in [0.2, 0.25) is 0 Å². The first-order chi connectivity index (χ1) is 8.68. The molecule has 7 heteroatoms. The van der Waals surface area contributed by atoms with Crippen LogP contribution in [0.25, 0.3) is 0 Å². The Labute approximate surface area is 110 Å². The number of nitrogens with two attached hydrogens (primary N) is 2. The molecule has 2 rings (SSSR count). The van der Waals surface area contributed by atoms with Crippen LogP contribution in [0.15, 0.2) is 0 Å². The first kappa shape index (κ1) is 13.1. The van der Waals surface area contributed by atoms with Gasteiger partial charge >= 0.3 is 0 Å². The number of primary amides is 1. The van der Waals surface area contributed by atoms with Crippen LogP contribution in [0.1, 0.15) is 29.6 Å². The molecule has 0 bridgehead atoms. The van der Waals surface area contributed by atoms with Gasteiger partial charge in [0.1, 0.15) is 10.6 Å². The van der Waals surface area contributed by atoms with Gasteiger partial charge in [0.25, 0.3) is 5.91 Å². The number of anilines is 2. The smallest absolute Gasteiger partial charge is 0.255 e. The van der Waals surface area contributed by atoms with Crippen LogP contribution >= 0.6 is 11.5 Å². The summed E-state index contributed by atoms with van der Waals surface area (Å²) in [6.45, 7) is 4.07. The Morgan fingerprint density at radius 2 is 2.11 bits per heavy atom. The first-order valence-corrected chi connectivity index (χ1v) is 6.97. The molecule has 0 saturated carbocycles. The highest BCUT2D eigenvalue weighted by atomic mass is 32.1. The molecular formula is C11H19N5OS. The van der Waals surface area contributed by atoms with Crippen molar-refractivity contribution in [3.05, 3.63) is 5.56 Å². The average Bonchev–Trinajstić information content (AvgIpc) is 2.72. The summed E-state index contributed by atoms with van der Waals surface area (Å²) in [6, 6.07) is 0. The molecule has 0 spiro atoms. The maximum absolute atomic E-state index is 11.2. The molecule has 0 radical (unpaired) electrons. The molecule has 0 atom stereocenters. The average molecular weight is 269 g/mol. The standard InChI is InChI=1S/C11H19N5OS/c12-9-8(10(13)17)11(18-15-9)14-4-7-16-5-2-1-3-6-16/h14H,1-7H2,(H2,12,15)(H2,13,17). The summed E-state index contributed by atoms with van der Waals surface area (Å²) in [5, 5.41) is 3.87. The SMILES string of the molecule is NC(=O)c1c(N)nsc1NCCN1CCCCC1. The van der Waals surface area contributed by atoms with Crippen molar-refractivity contribution in [2.45, 2.75) is 19.3 Å². The monoisotopic (exact) mass is 269 g/mol. The van der Waals surface area contributed by atoms with E-state index in [4.69, 9.17) is 11.5 Å². The third-order valence-electron chi connectivity index (χ3n) is 3.13. The molecular weight excluding hydrogens is 250 g/mol. The molecule has 1 aliphatic rings. The number of hydrogen-bond acceptors (Lipinski definition) is 6. The molecule has 0 unspecified atom stereocenters. The molecule has 1 saturated heterocycles. The van der Waals surface area contributed by atoms with Crippen LogP contribution in [-0.2, 0) is 0 Å². The number of likely N-dealkylation sites (tertiary alicyclic amines) is 1. The van der Waals surface area contributed by atoms with Gasteiger partial charge in [0.05, 0.1) is 0 Å². The second-order valence-corrected chi connectivity index (χ2v) is 5.24. The molecule has 100 valence electrons. The molecule has 1 amide bonds. The summed E-state index contributed by atoms with van der Waals surface area (Å²) in [6.07, 6.45) is 3.89. The van der Waals surface area contributed by atoms with Gasteiger partial charge < -0.3 is 21.7 Å². The van der Waals surface area contributed by atoms with E-state index in [0.717, 1.165) is 26.2 Å². The Bertz CT molecular complexity index is 414. The Hall–Kier alpha value is -1.34. The van der Waals surface area contributed by atoms with E-state index in [2.05, 4.69) is 14.6 Å². The van der Waals surface area contributed by atoms with Gasteiger partial charge in [-0.05, 0) is 37.5 Å². The highest BCUT2D eigenvalue weighted by Crippen LogP contribution is 2.25. The predicted molar refractivity (Wildman–Crippen MR) is 73.8 cm³/mol. The number of carbonyl (C=O) groups excluding carboxylic acids is 1. The minimum Gasteiger partial charge on any atom is -0.382 e. The van der Waals surface area contributed by atoms with Gasteiger partial charge in [0, 0.05) is 13.1 Å². The zero-order valence-corrected chi connectivity index (χ0v) is 11.1. The molecule has 1 fully saturated rings. The van der Waals surface area contributed by atoms with Gasteiger partial charge in [-0.3, -0.25) is 4.79 Å². The summed E-state index contributed by atoms with van der Waals surface area (Å²) in [5.41, 5.74) is 11.2. The van der Waals surface area contributed by atoms with Crippen LogP contribution < -0.4 is 16.8 Å². The van der Waals surface area contributed by atoms with Crippen LogP contribution in [0, 0.1) is 0 Å². The van der Waals surface area contributed by atoms with Gasteiger partial charge in [-0.15, -0.1) is 0 Å². The highest BCUT2D eigenvalue weighted by Gasteiger charge is 2.16. The van der Waals surface area contributed by atoms with E-state index in [1.54, 1.807) is 0 Å². The second-order valence-electron chi connectivity index (χ2n) is 4.47. The Morgan fingerprint density at radius 1 is 1.39 bits per heavy atom. The molecule has 18 heavy (non-hydrogen) atoms. The number of nitrogens with zero attached hydrogens (tertiary/aromatic N) is 2. The Morgan fingerprint density at radius 3 is 2.78 bits per heavy atom. The third-order valence-corrected chi connectivity index (χ3v) is 3.95. The van der Waals surface area contributed by atoms with Gasteiger partial charge in [-0.2, -0.15) is 4.37 Å². The maximum atomic E-state index is 11.2. The zero-order valence-electron chi connectivity index (χ0n) is 10.3. The second kappa shape index (κ2) is 6.01. The highest BCUT2D eigenvalue weighted by molar-refractivity contribution is 7.11. The molecule has 6 nitrogen and oxygen atoms in total. The third kappa shape index (κ3) is 3.11. The van der Waals surface area contributed by atoms with Crippen LogP contribution in [0.4, 0.5) is 10.8 Å². The summed E-state index contributed by atoms with van der Waals surface area (Å²) in [7, 11) is 0. The number of nitrogens with one attached hydrogen (secondary N) is 1. The maximum Gasteiger partial charge on any atom is 0.255 e. The lowest BCUT2D eigenvalue weighted by molar-refractivity contribution is 0.100. The fraction of sp³-hybridized carbons (Fsp3) is 0.636. The first-order valence-electron chi connectivity index (χ1n) is 6.19. The van der Waals surface area contributed by atoms with Gasteiger partial charge in [0.15, 0.2) is 5.82 Å². The van der Waals surface area contributed by atoms with Crippen molar-refractivity contribution < 1.29 is 4.79 Å². The lowest BCUT2D eigenvalue weighted by Crippen LogP contribution is -2.33. The fourth-order valence-electron chi connectivity index (χ4n) is 2.17. The zero-order chi connectivity index (χ0) is 13.0. The van der Waals surface area contributed by atoms with Gasteiger partial charge in [-0.25, -0.2) is 0 Å². The normalized spacial score (nSPS) is 16.7. The summed E-state index contributed by atoms with van der Waals surface area (Å²) >= 11 is 1.19. The van der Waals surface area contributed by atoms with Gasteiger partial charge in [0.2, 0.25) is 0 Å². The van der Waals surface area contributed by atoms with Gasteiger partial charge in [-0.1, -0.05) is 6.42 Å². The van der Waals surface area contributed by atoms with E-state index >= 15 is 0 Å². The minimum absolute atomic E-state index is 0.216. The Kier molecular flexibility index (Phi) is 4.38. The number of piperidine rings is 1. The van der Waals surface area contributed by atoms with E-state index in [9.17, 15) is 4.79 Å². The van der Waals surface area contributed by atoms with Crippen molar-refractivity contribution in [1.29, 1.82) is 0 Å². The van der Waals surface area contributed by atoms with E-state index in [-0.39, 0.29) is 5.82 Å². The summed E-state index contributed by atoms with van der Waals surface area (Å²) in [4.78, 5) is 13.6. The van der Waals surface area contributed by atoms with E-state index in [1.165, 1.54) is 30.8 Å². The number of aromatic nitrogens is 1. The quantitative estimate of drug-likeness (QED) is 0.732. The van der Waals surface area contributed by atoms with Crippen LogP contribution in [-0.4, -0.2) is 41.4 Å². The van der Waals surface area contributed by atoms with Crippen molar-refractivity contribution >= 4 is 28.3 Å². The number of nitrogen functional groups attached to an aromatic ring is 1. The number of hydrogen-bond donors (Lipinski definition) is 3. The molecule has 2 heterocycles. The lowest BCUT2D eigenvalue weighted by Gasteiger charge is -2.26. The lowest BCUT2D eigenvalue weighted by atomic mass is 10.1. The Balaban J connectivity index is 1.84. The molecule has 0 aliphatic carbocycles. The largest absolute Gasteiger partial charge is 0.382 e. The van der Waals surface area contributed by atoms with Crippen molar-refractivity contribution in [2.24, 2.45) is 5.73 Å². The van der Waals surface area contributed by atoms with E-state index in [1.807, 2.05) is 0 Å². The van der Waals surface area contributed by atoms with Crippen LogP contribution in [0.5, 0.6) is 0 Å². The van der Waals surface area contributed by atoms with Crippen molar-refractivity contribution in [3.8, 4) is 0 Å². The number of carbonyl (C=O) groups is 1. The molecule has 5 N–H and O–H groups in total. The predicted octanol–water partition coefficient (Wildman–Crippen LogP) is 0.722. The van der Waals surface area contributed by atoms with Crippen molar-refractivity contribution in [3.63, 3.8) is 0 Å². The van der Waals surface area contributed by atoms with Crippen LogP contribution in [0.3, 0.4) is 0 Å².